The van der Waals surface area contributed by atoms with E-state index in [1.807, 2.05) is 14.0 Å². The van der Waals surface area contributed by atoms with Gasteiger partial charge in [0, 0.05) is 22.9 Å². The number of amides is 1. The Bertz CT molecular complexity index is 1120. The number of pyridine rings is 1. The van der Waals surface area contributed by atoms with Crippen LogP contribution in [-0.4, -0.2) is 43.8 Å². The Morgan fingerprint density at radius 3 is 2.62 bits per heavy atom. The fourth-order valence-electron chi connectivity index (χ4n) is 4.88. The third kappa shape index (κ3) is 4.88. The molecule has 9 heteroatoms. The average Bonchev–Trinajstić information content (AvgIpc) is 2.84. The van der Waals surface area contributed by atoms with Crippen molar-refractivity contribution in [1.29, 1.82) is 0 Å². The summed E-state index contributed by atoms with van der Waals surface area (Å²) in [6.07, 6.45) is 4.27. The number of hydrogen-bond acceptors (Lipinski definition) is 6. The first-order valence-electron chi connectivity index (χ1n) is 11.7. The molecule has 1 aromatic heterocycles. The van der Waals surface area contributed by atoms with Gasteiger partial charge in [-0.1, -0.05) is 11.6 Å². The van der Waals surface area contributed by atoms with E-state index in [4.69, 9.17) is 25.8 Å². The molecule has 1 fully saturated rings. The highest BCUT2D eigenvalue weighted by Gasteiger charge is 2.34. The molecule has 184 valence electrons. The molecule has 0 radical (unpaired) electrons. The number of aryl methyl sites for hydroxylation is 1. The smallest absolute Gasteiger partial charge is 0.256 e. The van der Waals surface area contributed by atoms with E-state index in [9.17, 15) is 9.59 Å². The molecule has 0 unspecified atom stereocenters. The number of hydrogen-bond donors (Lipinski definition) is 3. The Morgan fingerprint density at radius 2 is 1.94 bits per heavy atom. The lowest BCUT2D eigenvalue weighted by molar-refractivity contribution is 0.0302. The van der Waals surface area contributed by atoms with Crippen molar-refractivity contribution in [2.75, 3.05) is 20.8 Å². The van der Waals surface area contributed by atoms with Gasteiger partial charge in [-0.2, -0.15) is 0 Å². The molecule has 3 N–H and O–H groups in total. The first kappa shape index (κ1) is 24.4. The van der Waals surface area contributed by atoms with Crippen LogP contribution in [0.5, 0.6) is 17.2 Å². The number of H-pyrrole nitrogens is 1. The fraction of sp³-hybridized carbons (Fsp3) is 0.520. The first-order valence-corrected chi connectivity index (χ1v) is 12.0. The molecule has 1 saturated carbocycles. The van der Waals surface area contributed by atoms with Crippen LogP contribution in [0.4, 0.5) is 0 Å². The van der Waals surface area contributed by atoms with Gasteiger partial charge in [0.1, 0.15) is 18.5 Å². The number of rotatable bonds is 6. The predicted molar refractivity (Wildman–Crippen MR) is 130 cm³/mol. The summed E-state index contributed by atoms with van der Waals surface area (Å²) in [6, 6.07) is 3.86. The molecule has 0 spiro atoms. The number of ether oxygens (including phenoxy) is 3. The van der Waals surface area contributed by atoms with Crippen molar-refractivity contribution in [2.24, 2.45) is 5.92 Å². The lowest BCUT2D eigenvalue weighted by Crippen LogP contribution is -2.41. The zero-order valence-electron chi connectivity index (χ0n) is 20.0. The van der Waals surface area contributed by atoms with Gasteiger partial charge in [-0.25, -0.2) is 0 Å². The number of nitrogens with one attached hydrogen (secondary N) is 3. The maximum Gasteiger partial charge on any atom is 0.256 e. The molecule has 34 heavy (non-hydrogen) atoms. The summed E-state index contributed by atoms with van der Waals surface area (Å²) in [5.74, 6) is 1.47. The van der Waals surface area contributed by atoms with Crippen molar-refractivity contribution in [3.63, 3.8) is 0 Å². The summed E-state index contributed by atoms with van der Waals surface area (Å²) < 4.78 is 17.7. The zero-order valence-corrected chi connectivity index (χ0v) is 20.8. The second-order valence-corrected chi connectivity index (χ2v) is 9.48. The van der Waals surface area contributed by atoms with Crippen LogP contribution < -0.4 is 30.4 Å². The minimum atomic E-state index is -0.357. The number of aromatic nitrogens is 1. The second kappa shape index (κ2) is 10.3. The van der Waals surface area contributed by atoms with Crippen LogP contribution in [0.15, 0.2) is 16.9 Å². The van der Waals surface area contributed by atoms with E-state index >= 15 is 0 Å². The number of carbonyl (C=O) groups excluding carboxylic acids is 1. The topological polar surface area (TPSA) is 102 Å². The van der Waals surface area contributed by atoms with E-state index < -0.39 is 0 Å². The quantitative estimate of drug-likeness (QED) is 0.574. The SMILES string of the molecule is CNC1CCC([C@H]2COc3c(Cl)cc(C(=O)NCc4c(OC)cc(C)[nH]c4=O)c(C)c3O2)CC1. The minimum absolute atomic E-state index is 0.0143. The summed E-state index contributed by atoms with van der Waals surface area (Å²) in [6.45, 7) is 4.06. The van der Waals surface area contributed by atoms with Gasteiger partial charge in [0.15, 0.2) is 11.5 Å². The summed E-state index contributed by atoms with van der Waals surface area (Å²) in [5, 5.41) is 6.49. The third-order valence-electron chi connectivity index (χ3n) is 6.93. The Kier molecular flexibility index (Phi) is 7.38. The number of fused-ring (bicyclic) bond motifs is 1. The Hall–Kier alpha value is -2.71. The van der Waals surface area contributed by atoms with E-state index in [-0.39, 0.29) is 24.1 Å². The molecule has 2 heterocycles. The van der Waals surface area contributed by atoms with Gasteiger partial charge < -0.3 is 29.8 Å². The predicted octanol–water partition coefficient (Wildman–Crippen LogP) is 3.50. The van der Waals surface area contributed by atoms with E-state index in [1.54, 1.807) is 19.1 Å². The van der Waals surface area contributed by atoms with Crippen LogP contribution in [0.2, 0.25) is 5.02 Å². The van der Waals surface area contributed by atoms with Crippen LogP contribution in [0, 0.1) is 19.8 Å². The molecule has 1 atom stereocenters. The summed E-state index contributed by atoms with van der Waals surface area (Å²) >= 11 is 6.47. The van der Waals surface area contributed by atoms with Gasteiger partial charge >= 0.3 is 0 Å². The summed E-state index contributed by atoms with van der Waals surface area (Å²) in [5.41, 5.74) is 1.77. The monoisotopic (exact) mass is 489 g/mol. The lowest BCUT2D eigenvalue weighted by atomic mass is 9.82. The largest absolute Gasteiger partial charge is 0.496 e. The lowest BCUT2D eigenvalue weighted by Gasteiger charge is -2.37. The zero-order chi connectivity index (χ0) is 24.4. The minimum Gasteiger partial charge on any atom is -0.496 e. The van der Waals surface area contributed by atoms with Crippen LogP contribution in [-0.2, 0) is 6.54 Å². The van der Waals surface area contributed by atoms with Crippen molar-refractivity contribution >= 4 is 17.5 Å². The molecular formula is C25H32ClN3O5. The molecule has 4 rings (SSSR count). The van der Waals surface area contributed by atoms with Crippen molar-refractivity contribution in [3.05, 3.63) is 49.9 Å². The number of benzene rings is 1. The molecule has 2 aromatic rings. The fourth-order valence-corrected chi connectivity index (χ4v) is 5.13. The molecule has 2 aliphatic rings. The molecular weight excluding hydrogens is 458 g/mol. The maximum absolute atomic E-state index is 13.1. The Morgan fingerprint density at radius 1 is 1.21 bits per heavy atom. The Balaban J connectivity index is 1.52. The maximum atomic E-state index is 13.1. The van der Waals surface area contributed by atoms with E-state index in [2.05, 4.69) is 15.6 Å². The van der Waals surface area contributed by atoms with Crippen molar-refractivity contribution in [2.45, 2.75) is 58.2 Å². The molecule has 1 aromatic carbocycles. The molecule has 0 bridgehead atoms. The van der Waals surface area contributed by atoms with Gasteiger partial charge in [-0.15, -0.1) is 0 Å². The number of aromatic amines is 1. The third-order valence-corrected chi connectivity index (χ3v) is 7.21. The van der Waals surface area contributed by atoms with Crippen LogP contribution in [0.3, 0.4) is 0 Å². The van der Waals surface area contributed by atoms with Crippen molar-refractivity contribution < 1.29 is 19.0 Å². The van der Waals surface area contributed by atoms with E-state index in [1.165, 1.54) is 7.11 Å². The first-order chi connectivity index (χ1) is 16.3. The van der Waals surface area contributed by atoms with Gasteiger partial charge in [-0.05, 0) is 64.6 Å². The molecule has 8 nitrogen and oxygen atoms in total. The number of methoxy groups -OCH3 is 1. The number of halogens is 1. The van der Waals surface area contributed by atoms with Gasteiger partial charge in [0.25, 0.3) is 11.5 Å². The highest BCUT2D eigenvalue weighted by Crippen LogP contribution is 2.44. The summed E-state index contributed by atoms with van der Waals surface area (Å²) in [4.78, 5) is 28.2. The normalized spacial score (nSPS) is 21.7. The standard InChI is InChI=1S/C25H32ClN3O5/c1-13-9-20(32-4)18(25(31)29-13)11-28-24(30)17-10-19(26)23-22(14(17)2)34-21(12-33-23)15-5-7-16(27-3)8-6-15/h9-10,15-16,21,27H,5-8,11-12H2,1-4H3,(H,28,30)(H,29,31)/t15?,16?,21-/m1/s1. The van der Waals surface area contributed by atoms with Gasteiger partial charge in [-0.3, -0.25) is 9.59 Å². The highest BCUT2D eigenvalue weighted by atomic mass is 35.5. The average molecular weight is 490 g/mol. The molecule has 1 amide bonds. The van der Waals surface area contributed by atoms with Gasteiger partial charge in [0.05, 0.1) is 24.2 Å². The summed E-state index contributed by atoms with van der Waals surface area (Å²) in [7, 11) is 3.50. The molecule has 0 saturated heterocycles. The highest BCUT2D eigenvalue weighted by molar-refractivity contribution is 6.32. The van der Waals surface area contributed by atoms with Crippen molar-refractivity contribution in [1.82, 2.24) is 15.6 Å². The molecule has 1 aliphatic heterocycles. The Labute approximate surface area is 204 Å². The van der Waals surface area contributed by atoms with E-state index in [0.29, 0.717) is 63.2 Å². The van der Waals surface area contributed by atoms with Crippen LogP contribution in [0.25, 0.3) is 0 Å². The van der Waals surface area contributed by atoms with E-state index in [0.717, 1.165) is 25.7 Å². The van der Waals surface area contributed by atoms with Gasteiger partial charge in [0.2, 0.25) is 0 Å². The van der Waals surface area contributed by atoms with Crippen molar-refractivity contribution in [3.8, 4) is 17.2 Å². The molecule has 1 aliphatic carbocycles. The second-order valence-electron chi connectivity index (χ2n) is 9.07. The van der Waals surface area contributed by atoms with Crippen LogP contribution >= 0.6 is 11.6 Å². The number of carbonyl (C=O) groups is 1. The van der Waals surface area contributed by atoms with Crippen LogP contribution in [0.1, 0.15) is 52.9 Å².